The summed E-state index contributed by atoms with van der Waals surface area (Å²) >= 11 is 0. The molecule has 0 bridgehead atoms. The molecule has 1 saturated heterocycles. The molecule has 0 aliphatic carbocycles. The minimum Gasteiger partial charge on any atom is -0.496 e. The van der Waals surface area contributed by atoms with Crippen molar-refractivity contribution in [2.45, 2.75) is 13.0 Å². The first-order chi connectivity index (χ1) is 17.0. The SMILES string of the molecule is COc1ccc(N2CCN(C)CC2)c2c1CCN(C(=O)c1ccc(C(=O)c3ccccc3)cc1)C2. The first-order valence-electron chi connectivity index (χ1n) is 12.2. The number of ether oxygens (including phenoxy) is 1. The number of hydrogen-bond donors (Lipinski definition) is 0. The van der Waals surface area contributed by atoms with Gasteiger partial charge in [0.1, 0.15) is 5.75 Å². The van der Waals surface area contributed by atoms with E-state index in [2.05, 4.69) is 29.0 Å². The topological polar surface area (TPSA) is 53.1 Å². The predicted molar refractivity (Wildman–Crippen MR) is 137 cm³/mol. The second-order valence-corrected chi connectivity index (χ2v) is 9.28. The number of piperazine rings is 1. The monoisotopic (exact) mass is 469 g/mol. The highest BCUT2D eigenvalue weighted by atomic mass is 16.5. The number of hydrogen-bond acceptors (Lipinski definition) is 5. The van der Waals surface area contributed by atoms with Crippen LogP contribution in [0, 0.1) is 0 Å². The standard InChI is InChI=1S/C29H31N3O3/c1-30-16-18-31(19-17-30)26-12-13-27(35-2)24-14-15-32(20-25(24)26)29(34)23-10-8-22(9-11-23)28(33)21-6-4-3-5-7-21/h3-13H,14-20H2,1-2H3. The van der Waals surface area contributed by atoms with Gasteiger partial charge in [0.2, 0.25) is 0 Å². The molecule has 6 heteroatoms. The number of methoxy groups -OCH3 is 1. The largest absolute Gasteiger partial charge is 0.496 e. The second kappa shape index (κ2) is 9.92. The van der Waals surface area contributed by atoms with Gasteiger partial charge in [-0.25, -0.2) is 0 Å². The van der Waals surface area contributed by atoms with Crippen molar-refractivity contribution in [3.05, 3.63) is 94.5 Å². The van der Waals surface area contributed by atoms with E-state index in [0.717, 1.165) is 38.3 Å². The second-order valence-electron chi connectivity index (χ2n) is 9.28. The summed E-state index contributed by atoms with van der Waals surface area (Å²) in [5.41, 5.74) is 5.42. The van der Waals surface area contributed by atoms with Crippen molar-refractivity contribution in [2.24, 2.45) is 0 Å². The normalized spacial score (nSPS) is 16.1. The molecule has 0 radical (unpaired) electrons. The third kappa shape index (κ3) is 4.66. The van der Waals surface area contributed by atoms with Crippen LogP contribution in [-0.2, 0) is 13.0 Å². The first kappa shape index (κ1) is 23.1. The van der Waals surface area contributed by atoms with Gasteiger partial charge in [0.05, 0.1) is 7.11 Å². The third-order valence-corrected chi connectivity index (χ3v) is 7.13. The van der Waals surface area contributed by atoms with Gasteiger partial charge in [-0.1, -0.05) is 42.5 Å². The molecule has 0 spiro atoms. The molecule has 0 unspecified atom stereocenters. The van der Waals surface area contributed by atoms with Gasteiger partial charge in [-0.05, 0) is 37.7 Å². The van der Waals surface area contributed by atoms with Crippen LogP contribution >= 0.6 is 0 Å². The van der Waals surface area contributed by atoms with Crippen LogP contribution in [-0.4, -0.2) is 68.4 Å². The van der Waals surface area contributed by atoms with Crippen LogP contribution in [0.4, 0.5) is 5.69 Å². The summed E-state index contributed by atoms with van der Waals surface area (Å²) in [5, 5.41) is 0. The smallest absolute Gasteiger partial charge is 0.254 e. The average Bonchev–Trinajstić information content (AvgIpc) is 2.92. The number of carbonyl (C=O) groups excluding carboxylic acids is 2. The number of likely N-dealkylation sites (N-methyl/N-ethyl adjacent to an activating group) is 1. The Bertz CT molecular complexity index is 1220. The zero-order valence-corrected chi connectivity index (χ0v) is 20.4. The lowest BCUT2D eigenvalue weighted by Gasteiger charge is -2.38. The minimum atomic E-state index is -0.0413. The van der Waals surface area contributed by atoms with Crippen LogP contribution in [0.1, 0.15) is 37.4 Å². The predicted octanol–water partition coefficient (Wildman–Crippen LogP) is 3.88. The van der Waals surface area contributed by atoms with E-state index in [-0.39, 0.29) is 11.7 Å². The molecular formula is C29H31N3O3. The Morgan fingerprint density at radius 1 is 0.743 bits per heavy atom. The molecule has 3 aromatic rings. The Morgan fingerprint density at radius 2 is 1.40 bits per heavy atom. The molecule has 0 aromatic heterocycles. The number of carbonyl (C=O) groups is 2. The van der Waals surface area contributed by atoms with Crippen molar-refractivity contribution in [1.82, 2.24) is 9.80 Å². The molecule has 5 rings (SSSR count). The van der Waals surface area contributed by atoms with Crippen LogP contribution in [0.25, 0.3) is 0 Å². The van der Waals surface area contributed by atoms with E-state index in [1.54, 1.807) is 43.5 Å². The van der Waals surface area contributed by atoms with E-state index < -0.39 is 0 Å². The molecule has 6 nitrogen and oxygen atoms in total. The average molecular weight is 470 g/mol. The molecule has 0 N–H and O–H groups in total. The summed E-state index contributed by atoms with van der Waals surface area (Å²) in [6, 6.07) is 20.4. The van der Waals surface area contributed by atoms with Crippen LogP contribution in [0.2, 0.25) is 0 Å². The van der Waals surface area contributed by atoms with Crippen LogP contribution in [0.15, 0.2) is 66.7 Å². The summed E-state index contributed by atoms with van der Waals surface area (Å²) in [6.45, 7) is 5.19. The molecule has 2 aliphatic rings. The Kier molecular flexibility index (Phi) is 6.55. The lowest BCUT2D eigenvalue weighted by molar-refractivity contribution is 0.0733. The Labute approximate surface area is 206 Å². The molecule has 2 aliphatic heterocycles. The number of fused-ring (bicyclic) bond motifs is 1. The van der Waals surface area contributed by atoms with Gasteiger partial charge in [-0.3, -0.25) is 9.59 Å². The molecule has 3 aromatic carbocycles. The van der Waals surface area contributed by atoms with Crippen molar-refractivity contribution in [2.75, 3.05) is 51.8 Å². The highest BCUT2D eigenvalue weighted by molar-refractivity contribution is 6.09. The fourth-order valence-corrected chi connectivity index (χ4v) is 5.04. The molecule has 1 fully saturated rings. The maximum Gasteiger partial charge on any atom is 0.254 e. The van der Waals surface area contributed by atoms with Crippen molar-refractivity contribution in [3.8, 4) is 5.75 Å². The van der Waals surface area contributed by atoms with Crippen LogP contribution < -0.4 is 9.64 Å². The Morgan fingerprint density at radius 3 is 2.09 bits per heavy atom. The maximum atomic E-state index is 13.4. The highest BCUT2D eigenvalue weighted by Crippen LogP contribution is 2.36. The zero-order valence-electron chi connectivity index (χ0n) is 20.4. The molecule has 35 heavy (non-hydrogen) atoms. The third-order valence-electron chi connectivity index (χ3n) is 7.13. The van der Waals surface area contributed by atoms with Gasteiger partial charge in [0.25, 0.3) is 5.91 Å². The van der Waals surface area contributed by atoms with Gasteiger partial charge in [-0.15, -0.1) is 0 Å². The molecule has 0 saturated carbocycles. The fraction of sp³-hybridized carbons (Fsp3) is 0.310. The van der Waals surface area contributed by atoms with Crippen LogP contribution in [0.3, 0.4) is 0 Å². The van der Waals surface area contributed by atoms with E-state index in [9.17, 15) is 9.59 Å². The van der Waals surface area contributed by atoms with E-state index >= 15 is 0 Å². The first-order valence-corrected chi connectivity index (χ1v) is 12.2. The van der Waals surface area contributed by atoms with Gasteiger partial charge in [0.15, 0.2) is 5.78 Å². The summed E-state index contributed by atoms with van der Waals surface area (Å²) in [7, 11) is 3.86. The van der Waals surface area contributed by atoms with Crippen molar-refractivity contribution >= 4 is 17.4 Å². The number of nitrogens with zero attached hydrogens (tertiary/aromatic N) is 3. The Hall–Kier alpha value is -3.64. The minimum absolute atomic E-state index is 0.0125. The van der Waals surface area contributed by atoms with E-state index in [1.165, 1.54) is 16.8 Å². The summed E-state index contributed by atoms with van der Waals surface area (Å²) in [6.07, 6.45) is 0.760. The van der Waals surface area contributed by atoms with E-state index in [4.69, 9.17) is 4.74 Å². The molecule has 0 atom stereocenters. The molecule has 180 valence electrons. The summed E-state index contributed by atoms with van der Waals surface area (Å²) < 4.78 is 5.66. The number of anilines is 1. The van der Waals surface area contributed by atoms with Crippen molar-refractivity contribution < 1.29 is 14.3 Å². The summed E-state index contributed by atoms with van der Waals surface area (Å²) in [4.78, 5) is 32.8. The van der Waals surface area contributed by atoms with Gasteiger partial charge in [0, 0.05) is 72.8 Å². The van der Waals surface area contributed by atoms with Gasteiger partial charge < -0.3 is 19.4 Å². The fourth-order valence-electron chi connectivity index (χ4n) is 5.04. The number of benzene rings is 3. The van der Waals surface area contributed by atoms with Crippen molar-refractivity contribution in [1.29, 1.82) is 0 Å². The molecule has 2 heterocycles. The van der Waals surface area contributed by atoms with E-state index in [1.807, 2.05) is 23.1 Å². The number of amides is 1. The summed E-state index contributed by atoms with van der Waals surface area (Å²) in [5.74, 6) is 0.843. The number of rotatable bonds is 5. The van der Waals surface area contributed by atoms with Gasteiger partial charge in [-0.2, -0.15) is 0 Å². The van der Waals surface area contributed by atoms with Crippen LogP contribution in [0.5, 0.6) is 5.75 Å². The highest BCUT2D eigenvalue weighted by Gasteiger charge is 2.28. The maximum absolute atomic E-state index is 13.4. The van der Waals surface area contributed by atoms with E-state index in [0.29, 0.717) is 29.8 Å². The molecular weight excluding hydrogens is 438 g/mol. The van der Waals surface area contributed by atoms with Gasteiger partial charge >= 0.3 is 0 Å². The molecule has 1 amide bonds. The lowest BCUT2D eigenvalue weighted by atomic mass is 9.95. The van der Waals surface area contributed by atoms with Crippen molar-refractivity contribution in [3.63, 3.8) is 0 Å². The Balaban J connectivity index is 1.37. The number of ketones is 1. The quantitative estimate of drug-likeness (QED) is 0.531. The lowest BCUT2D eigenvalue weighted by Crippen LogP contribution is -2.45. The zero-order chi connectivity index (χ0) is 24.4.